The fourth-order valence-electron chi connectivity index (χ4n) is 2.26. The van der Waals surface area contributed by atoms with Crippen LogP contribution in [0.15, 0.2) is 18.2 Å². The molecule has 3 N–H and O–H groups in total. The number of amides is 2. The number of aryl methyl sites for hydroxylation is 1. The Hall–Kier alpha value is -1.71. The van der Waals surface area contributed by atoms with E-state index >= 15 is 0 Å². The number of likely N-dealkylation sites (tertiary alicyclic amines) is 1. The Bertz CT molecular complexity index is 423. The van der Waals surface area contributed by atoms with Gasteiger partial charge >= 0.3 is 6.03 Å². The van der Waals surface area contributed by atoms with Gasteiger partial charge in [0.25, 0.3) is 0 Å². The third kappa shape index (κ3) is 3.15. The maximum absolute atomic E-state index is 12.1. The minimum atomic E-state index is -0.0348. The summed E-state index contributed by atoms with van der Waals surface area (Å²) >= 11 is 0. The SMILES string of the molecule is Cc1ccc(NC(=O)N2CCCCCC2)c(N)c1. The van der Waals surface area contributed by atoms with Crippen LogP contribution in [0.3, 0.4) is 0 Å². The predicted molar refractivity (Wildman–Crippen MR) is 74.7 cm³/mol. The average molecular weight is 247 g/mol. The summed E-state index contributed by atoms with van der Waals surface area (Å²) in [5, 5.41) is 2.90. The fraction of sp³-hybridized carbons (Fsp3) is 0.500. The smallest absolute Gasteiger partial charge is 0.321 e. The molecule has 18 heavy (non-hydrogen) atoms. The van der Waals surface area contributed by atoms with Crippen molar-refractivity contribution in [3.8, 4) is 0 Å². The Balaban J connectivity index is 2.01. The number of hydrogen-bond donors (Lipinski definition) is 2. The van der Waals surface area contributed by atoms with Crippen molar-refractivity contribution < 1.29 is 4.79 Å². The highest BCUT2D eigenvalue weighted by molar-refractivity contribution is 5.92. The lowest BCUT2D eigenvalue weighted by molar-refractivity contribution is 0.214. The largest absolute Gasteiger partial charge is 0.397 e. The van der Waals surface area contributed by atoms with E-state index in [0.29, 0.717) is 11.4 Å². The Kier molecular flexibility index (Phi) is 4.07. The van der Waals surface area contributed by atoms with Gasteiger partial charge in [0.05, 0.1) is 11.4 Å². The van der Waals surface area contributed by atoms with Crippen molar-refractivity contribution in [2.24, 2.45) is 0 Å². The number of nitrogens with one attached hydrogen (secondary N) is 1. The molecule has 1 aliphatic rings. The van der Waals surface area contributed by atoms with Crippen LogP contribution in [0.5, 0.6) is 0 Å². The average Bonchev–Trinajstić information content (AvgIpc) is 2.61. The van der Waals surface area contributed by atoms with Crippen molar-refractivity contribution in [1.82, 2.24) is 4.90 Å². The monoisotopic (exact) mass is 247 g/mol. The van der Waals surface area contributed by atoms with Gasteiger partial charge in [0.1, 0.15) is 0 Å². The van der Waals surface area contributed by atoms with Crippen molar-refractivity contribution in [1.29, 1.82) is 0 Å². The molecule has 0 spiro atoms. The molecular formula is C14H21N3O. The molecule has 0 aromatic heterocycles. The van der Waals surface area contributed by atoms with Crippen LogP contribution in [0.25, 0.3) is 0 Å². The summed E-state index contributed by atoms with van der Waals surface area (Å²) in [5.41, 5.74) is 8.32. The molecule has 1 aromatic carbocycles. The highest BCUT2D eigenvalue weighted by Crippen LogP contribution is 2.20. The highest BCUT2D eigenvalue weighted by Gasteiger charge is 2.16. The van der Waals surface area contributed by atoms with Gasteiger partial charge in [-0.15, -0.1) is 0 Å². The van der Waals surface area contributed by atoms with Crippen LogP contribution in [-0.2, 0) is 0 Å². The molecule has 1 aliphatic heterocycles. The van der Waals surface area contributed by atoms with Gasteiger partial charge in [0, 0.05) is 13.1 Å². The van der Waals surface area contributed by atoms with E-state index in [1.165, 1.54) is 12.8 Å². The van der Waals surface area contributed by atoms with Gasteiger partial charge in [0.15, 0.2) is 0 Å². The molecule has 0 aliphatic carbocycles. The first-order valence-corrected chi connectivity index (χ1v) is 6.59. The first-order chi connectivity index (χ1) is 8.66. The van der Waals surface area contributed by atoms with Crippen LogP contribution >= 0.6 is 0 Å². The van der Waals surface area contributed by atoms with Gasteiger partial charge in [-0.05, 0) is 37.5 Å². The molecule has 4 nitrogen and oxygen atoms in total. The van der Waals surface area contributed by atoms with Gasteiger partial charge in [-0.2, -0.15) is 0 Å². The number of nitrogen functional groups attached to an aromatic ring is 1. The lowest BCUT2D eigenvalue weighted by Gasteiger charge is -2.21. The zero-order valence-corrected chi connectivity index (χ0v) is 10.9. The van der Waals surface area contributed by atoms with Gasteiger partial charge in [-0.25, -0.2) is 4.79 Å². The molecule has 0 bridgehead atoms. The summed E-state index contributed by atoms with van der Waals surface area (Å²) in [6, 6.07) is 5.65. The van der Waals surface area contributed by atoms with Crippen LogP contribution in [0, 0.1) is 6.92 Å². The lowest BCUT2D eigenvalue weighted by Crippen LogP contribution is -2.35. The summed E-state index contributed by atoms with van der Waals surface area (Å²) in [7, 11) is 0. The Labute approximate surface area is 108 Å². The first-order valence-electron chi connectivity index (χ1n) is 6.59. The summed E-state index contributed by atoms with van der Waals surface area (Å²) in [6.07, 6.45) is 4.63. The van der Waals surface area contributed by atoms with Crippen LogP contribution < -0.4 is 11.1 Å². The van der Waals surface area contributed by atoms with E-state index in [2.05, 4.69) is 5.32 Å². The summed E-state index contributed by atoms with van der Waals surface area (Å²) in [6.45, 7) is 3.67. The van der Waals surface area contributed by atoms with Gasteiger partial charge in [0.2, 0.25) is 0 Å². The van der Waals surface area contributed by atoms with Crippen molar-refractivity contribution >= 4 is 17.4 Å². The predicted octanol–water partition coefficient (Wildman–Crippen LogP) is 2.99. The number of nitrogens with two attached hydrogens (primary N) is 1. The zero-order valence-electron chi connectivity index (χ0n) is 10.9. The number of urea groups is 1. The molecule has 0 saturated carbocycles. The van der Waals surface area contributed by atoms with Crippen LogP contribution in [0.1, 0.15) is 31.2 Å². The number of rotatable bonds is 1. The second-order valence-corrected chi connectivity index (χ2v) is 4.92. The second kappa shape index (κ2) is 5.76. The normalized spacial score (nSPS) is 16.2. The molecule has 0 atom stereocenters. The number of carbonyl (C=O) groups excluding carboxylic acids is 1. The van der Waals surface area contributed by atoms with Crippen molar-refractivity contribution in [2.45, 2.75) is 32.6 Å². The molecule has 1 aromatic rings. The Morgan fingerprint density at radius 1 is 1.22 bits per heavy atom. The van der Waals surface area contributed by atoms with Gasteiger partial charge in [-0.3, -0.25) is 0 Å². The summed E-state index contributed by atoms with van der Waals surface area (Å²) in [5.74, 6) is 0. The second-order valence-electron chi connectivity index (χ2n) is 4.92. The van der Waals surface area contributed by atoms with Crippen molar-refractivity contribution in [3.05, 3.63) is 23.8 Å². The number of anilines is 2. The molecule has 1 heterocycles. The van der Waals surface area contributed by atoms with Gasteiger partial charge < -0.3 is 16.0 Å². The van der Waals surface area contributed by atoms with Crippen LogP contribution in [0.4, 0.5) is 16.2 Å². The topological polar surface area (TPSA) is 58.4 Å². The number of hydrogen-bond acceptors (Lipinski definition) is 2. The van der Waals surface area contributed by atoms with E-state index < -0.39 is 0 Å². The molecule has 98 valence electrons. The molecule has 0 unspecified atom stereocenters. The third-order valence-corrected chi connectivity index (χ3v) is 3.34. The zero-order chi connectivity index (χ0) is 13.0. The van der Waals surface area contributed by atoms with E-state index in [1.54, 1.807) is 0 Å². The molecular weight excluding hydrogens is 226 g/mol. The van der Waals surface area contributed by atoms with Crippen molar-refractivity contribution in [3.63, 3.8) is 0 Å². The lowest BCUT2D eigenvalue weighted by atomic mass is 10.2. The molecule has 2 amide bonds. The molecule has 1 saturated heterocycles. The molecule has 1 fully saturated rings. The van der Waals surface area contributed by atoms with Crippen LogP contribution in [0.2, 0.25) is 0 Å². The quantitative estimate of drug-likeness (QED) is 0.749. The van der Waals surface area contributed by atoms with Crippen LogP contribution in [-0.4, -0.2) is 24.0 Å². The van der Waals surface area contributed by atoms with Crippen molar-refractivity contribution in [2.75, 3.05) is 24.1 Å². The number of benzene rings is 1. The fourth-order valence-corrected chi connectivity index (χ4v) is 2.26. The van der Waals surface area contributed by atoms with E-state index in [0.717, 1.165) is 31.5 Å². The van der Waals surface area contributed by atoms with E-state index in [4.69, 9.17) is 5.73 Å². The Morgan fingerprint density at radius 2 is 1.89 bits per heavy atom. The summed E-state index contributed by atoms with van der Waals surface area (Å²) in [4.78, 5) is 14.0. The molecule has 2 rings (SSSR count). The minimum absolute atomic E-state index is 0.0348. The Morgan fingerprint density at radius 3 is 2.50 bits per heavy atom. The third-order valence-electron chi connectivity index (χ3n) is 3.34. The van der Waals surface area contributed by atoms with E-state index in [1.807, 2.05) is 30.0 Å². The van der Waals surface area contributed by atoms with Gasteiger partial charge in [-0.1, -0.05) is 18.9 Å². The van der Waals surface area contributed by atoms with E-state index in [9.17, 15) is 4.79 Å². The molecule has 4 heteroatoms. The number of nitrogens with zero attached hydrogens (tertiary/aromatic N) is 1. The standard InChI is InChI=1S/C14H21N3O/c1-11-6-7-13(12(15)10-11)16-14(18)17-8-4-2-3-5-9-17/h6-7,10H,2-5,8-9,15H2,1H3,(H,16,18). The van der Waals surface area contributed by atoms with E-state index in [-0.39, 0.29) is 6.03 Å². The highest BCUT2D eigenvalue weighted by atomic mass is 16.2. The summed E-state index contributed by atoms with van der Waals surface area (Å²) < 4.78 is 0. The molecule has 0 radical (unpaired) electrons. The minimum Gasteiger partial charge on any atom is -0.397 e. The number of carbonyl (C=O) groups is 1. The maximum atomic E-state index is 12.1. The maximum Gasteiger partial charge on any atom is 0.321 e. The first kappa shape index (κ1) is 12.7.